The van der Waals surface area contributed by atoms with E-state index in [4.69, 9.17) is 15.2 Å². The summed E-state index contributed by atoms with van der Waals surface area (Å²) < 4.78 is 10.7. The molecule has 1 unspecified atom stereocenters. The maximum atomic E-state index is 12.3. The molecule has 1 amide bonds. The third kappa shape index (κ3) is 5.26. The molecule has 0 saturated carbocycles. The lowest BCUT2D eigenvalue weighted by atomic mass is 9.96. The molecule has 0 aliphatic carbocycles. The topological polar surface area (TPSA) is 76.8 Å². The number of fused-ring (bicyclic) bond motifs is 1. The van der Waals surface area contributed by atoms with Crippen molar-refractivity contribution in [1.29, 1.82) is 0 Å². The van der Waals surface area contributed by atoms with Gasteiger partial charge in [0.25, 0.3) is 0 Å². The van der Waals surface area contributed by atoms with Crippen LogP contribution in [0.15, 0.2) is 12.1 Å². The minimum atomic E-state index is -0.496. The standard InChI is InChI=1S/C19H31N3O3/c1-13(12-24-5)10-21-17-7-6-16(20)15-11-22(9-8-14(15)17)18(23)25-19(2,3)4/h6-7,13,21H,8-12,20H2,1-5H3. The molecule has 0 radical (unpaired) electrons. The maximum absolute atomic E-state index is 12.3. The van der Waals surface area contributed by atoms with Gasteiger partial charge in [0.15, 0.2) is 0 Å². The second-order valence-electron chi connectivity index (χ2n) is 7.75. The molecule has 6 heteroatoms. The van der Waals surface area contributed by atoms with Crippen molar-refractivity contribution < 1.29 is 14.3 Å². The van der Waals surface area contributed by atoms with E-state index in [-0.39, 0.29) is 6.09 Å². The number of nitrogens with zero attached hydrogens (tertiary/aromatic N) is 1. The molecule has 1 aromatic rings. The minimum Gasteiger partial charge on any atom is -0.444 e. The third-order valence-corrected chi connectivity index (χ3v) is 4.19. The van der Waals surface area contributed by atoms with Gasteiger partial charge in [0.05, 0.1) is 13.2 Å². The van der Waals surface area contributed by atoms with Gasteiger partial charge in [-0.25, -0.2) is 4.79 Å². The molecule has 1 heterocycles. The first-order valence-corrected chi connectivity index (χ1v) is 8.82. The lowest BCUT2D eigenvalue weighted by Crippen LogP contribution is -2.40. The number of nitrogens with one attached hydrogen (secondary N) is 1. The number of hydrogen-bond acceptors (Lipinski definition) is 5. The zero-order chi connectivity index (χ0) is 18.6. The molecule has 0 saturated heterocycles. The molecule has 1 atom stereocenters. The van der Waals surface area contributed by atoms with Gasteiger partial charge in [0.2, 0.25) is 0 Å². The average molecular weight is 349 g/mol. The first kappa shape index (κ1) is 19.4. The van der Waals surface area contributed by atoms with Crippen molar-refractivity contribution in [1.82, 2.24) is 4.90 Å². The number of carbonyl (C=O) groups is 1. The highest BCUT2D eigenvalue weighted by Gasteiger charge is 2.27. The quantitative estimate of drug-likeness (QED) is 0.798. The molecule has 1 aliphatic heterocycles. The fraction of sp³-hybridized carbons (Fsp3) is 0.632. The van der Waals surface area contributed by atoms with E-state index < -0.39 is 5.60 Å². The van der Waals surface area contributed by atoms with E-state index >= 15 is 0 Å². The maximum Gasteiger partial charge on any atom is 0.410 e. The second-order valence-corrected chi connectivity index (χ2v) is 7.75. The minimum absolute atomic E-state index is 0.287. The molecule has 1 aromatic carbocycles. The van der Waals surface area contributed by atoms with Crippen LogP contribution >= 0.6 is 0 Å². The van der Waals surface area contributed by atoms with Gasteiger partial charge in [-0.2, -0.15) is 0 Å². The van der Waals surface area contributed by atoms with Crippen molar-refractivity contribution in [2.24, 2.45) is 5.92 Å². The van der Waals surface area contributed by atoms with Crippen molar-refractivity contribution >= 4 is 17.5 Å². The first-order valence-electron chi connectivity index (χ1n) is 8.82. The van der Waals surface area contributed by atoms with Crippen LogP contribution < -0.4 is 11.1 Å². The molecule has 2 rings (SSSR count). The third-order valence-electron chi connectivity index (χ3n) is 4.19. The summed E-state index contributed by atoms with van der Waals surface area (Å²) in [5.74, 6) is 0.417. The van der Waals surface area contributed by atoms with Crippen LogP contribution in [0.5, 0.6) is 0 Å². The van der Waals surface area contributed by atoms with Gasteiger partial charge in [-0.3, -0.25) is 0 Å². The number of rotatable bonds is 5. The Balaban J connectivity index is 2.11. The van der Waals surface area contributed by atoms with Crippen LogP contribution in [0.1, 0.15) is 38.8 Å². The Morgan fingerprint density at radius 1 is 1.36 bits per heavy atom. The van der Waals surface area contributed by atoms with Crippen LogP contribution in [0, 0.1) is 5.92 Å². The van der Waals surface area contributed by atoms with Crippen molar-refractivity contribution in [2.45, 2.75) is 46.3 Å². The summed E-state index contributed by atoms with van der Waals surface area (Å²) in [6.45, 7) is 10.4. The Bertz CT molecular complexity index is 611. The molecule has 0 spiro atoms. The Hall–Kier alpha value is -1.95. The number of methoxy groups -OCH3 is 1. The summed E-state index contributed by atoms with van der Waals surface area (Å²) in [4.78, 5) is 14.1. The van der Waals surface area contributed by atoms with Crippen LogP contribution in [-0.2, 0) is 22.4 Å². The number of nitrogen functional groups attached to an aromatic ring is 1. The van der Waals surface area contributed by atoms with Crippen LogP contribution in [0.3, 0.4) is 0 Å². The molecular weight excluding hydrogens is 318 g/mol. The van der Waals surface area contributed by atoms with E-state index in [0.717, 1.165) is 36.5 Å². The molecule has 140 valence electrons. The zero-order valence-electron chi connectivity index (χ0n) is 16.0. The van der Waals surface area contributed by atoms with Gasteiger partial charge in [0.1, 0.15) is 5.60 Å². The summed E-state index contributed by atoms with van der Waals surface area (Å²) >= 11 is 0. The average Bonchev–Trinajstić information content (AvgIpc) is 2.53. The summed E-state index contributed by atoms with van der Waals surface area (Å²) in [7, 11) is 1.72. The SMILES string of the molecule is COCC(C)CNc1ccc(N)c2c1CCN(C(=O)OC(C)(C)C)C2. The molecule has 0 fully saturated rings. The number of benzene rings is 1. The van der Waals surface area contributed by atoms with Crippen molar-refractivity contribution in [3.05, 3.63) is 23.3 Å². The first-order chi connectivity index (χ1) is 11.7. The largest absolute Gasteiger partial charge is 0.444 e. The van der Waals surface area contributed by atoms with Gasteiger partial charge >= 0.3 is 6.09 Å². The molecule has 0 bridgehead atoms. The predicted molar refractivity (Wildman–Crippen MR) is 101 cm³/mol. The summed E-state index contributed by atoms with van der Waals surface area (Å²) in [6.07, 6.45) is 0.477. The monoisotopic (exact) mass is 349 g/mol. The number of nitrogens with two attached hydrogens (primary N) is 1. The molecule has 1 aliphatic rings. The van der Waals surface area contributed by atoms with E-state index in [1.807, 2.05) is 32.9 Å². The zero-order valence-corrected chi connectivity index (χ0v) is 16.0. The predicted octanol–water partition coefficient (Wildman–Crippen LogP) is 3.26. The number of amides is 1. The molecule has 0 aromatic heterocycles. The summed E-state index contributed by atoms with van der Waals surface area (Å²) in [6, 6.07) is 3.93. The van der Waals surface area contributed by atoms with Gasteiger partial charge in [-0.1, -0.05) is 6.92 Å². The Kier molecular flexibility index (Phi) is 6.16. The van der Waals surface area contributed by atoms with Crippen LogP contribution in [0.2, 0.25) is 0 Å². The van der Waals surface area contributed by atoms with Crippen LogP contribution in [-0.4, -0.2) is 43.4 Å². The van der Waals surface area contributed by atoms with Crippen molar-refractivity contribution in [2.75, 3.05) is 37.9 Å². The lowest BCUT2D eigenvalue weighted by Gasteiger charge is -2.33. The van der Waals surface area contributed by atoms with Gasteiger partial charge in [-0.15, -0.1) is 0 Å². The van der Waals surface area contributed by atoms with Crippen LogP contribution in [0.4, 0.5) is 16.2 Å². The van der Waals surface area contributed by atoms with E-state index in [2.05, 4.69) is 12.2 Å². The highest BCUT2D eigenvalue weighted by Crippen LogP contribution is 2.31. The van der Waals surface area contributed by atoms with Gasteiger partial charge in [-0.05, 0) is 56.4 Å². The van der Waals surface area contributed by atoms with Gasteiger partial charge in [0, 0.05) is 31.6 Å². The highest BCUT2D eigenvalue weighted by molar-refractivity contribution is 5.71. The van der Waals surface area contributed by atoms with E-state index in [1.54, 1.807) is 12.0 Å². The Labute approximate surface area is 150 Å². The number of anilines is 2. The summed E-state index contributed by atoms with van der Waals surface area (Å²) in [5.41, 5.74) is 9.71. The number of carbonyl (C=O) groups excluding carboxylic acids is 1. The molecule has 3 N–H and O–H groups in total. The summed E-state index contributed by atoms with van der Waals surface area (Å²) in [5, 5.41) is 3.50. The van der Waals surface area contributed by atoms with E-state index in [9.17, 15) is 4.79 Å². The molecular formula is C19H31N3O3. The fourth-order valence-electron chi connectivity index (χ4n) is 2.98. The second kappa shape index (κ2) is 7.95. The molecule has 6 nitrogen and oxygen atoms in total. The Morgan fingerprint density at radius 2 is 2.08 bits per heavy atom. The molecule has 25 heavy (non-hydrogen) atoms. The van der Waals surface area contributed by atoms with Crippen LogP contribution in [0.25, 0.3) is 0 Å². The Morgan fingerprint density at radius 3 is 2.72 bits per heavy atom. The smallest absolute Gasteiger partial charge is 0.410 e. The lowest BCUT2D eigenvalue weighted by molar-refractivity contribution is 0.0224. The fourth-order valence-corrected chi connectivity index (χ4v) is 2.98. The van der Waals surface area contributed by atoms with Crippen molar-refractivity contribution in [3.63, 3.8) is 0 Å². The number of hydrogen-bond donors (Lipinski definition) is 2. The normalized spacial score (nSPS) is 15.5. The van der Waals surface area contributed by atoms with E-state index in [1.165, 1.54) is 5.56 Å². The number of ether oxygens (including phenoxy) is 2. The van der Waals surface area contributed by atoms with Crippen molar-refractivity contribution in [3.8, 4) is 0 Å². The highest BCUT2D eigenvalue weighted by atomic mass is 16.6. The van der Waals surface area contributed by atoms with Gasteiger partial charge < -0.3 is 25.4 Å². The van der Waals surface area contributed by atoms with E-state index in [0.29, 0.717) is 19.0 Å².